The molecule has 1 N–H and O–H groups in total. The Bertz CT molecular complexity index is 1330. The van der Waals surface area contributed by atoms with Crippen molar-refractivity contribution in [3.05, 3.63) is 83.1 Å². The van der Waals surface area contributed by atoms with Crippen molar-refractivity contribution in [3.63, 3.8) is 0 Å². The molecule has 0 saturated heterocycles. The van der Waals surface area contributed by atoms with Crippen molar-refractivity contribution >= 4 is 40.9 Å². The summed E-state index contributed by atoms with van der Waals surface area (Å²) >= 11 is 7.63. The molecule has 0 aliphatic carbocycles. The zero-order chi connectivity index (χ0) is 24.1. The first-order chi connectivity index (χ1) is 16.5. The Hall–Kier alpha value is -3.69. The number of methoxy groups -OCH3 is 1. The fraction of sp³-hybridized carbons (Fsp3) is 0.125. The van der Waals surface area contributed by atoms with Gasteiger partial charge in [-0.3, -0.25) is 14.3 Å². The van der Waals surface area contributed by atoms with E-state index in [1.54, 1.807) is 36.7 Å². The van der Waals surface area contributed by atoms with Gasteiger partial charge in [-0.25, -0.2) is 4.79 Å². The van der Waals surface area contributed by atoms with Crippen LogP contribution in [0.5, 0.6) is 0 Å². The maximum absolute atomic E-state index is 12.6. The van der Waals surface area contributed by atoms with Crippen LogP contribution in [0.3, 0.4) is 0 Å². The molecule has 0 aliphatic heterocycles. The molecule has 2 aromatic carbocycles. The number of carbonyl (C=O) groups excluding carboxylic acids is 2. The van der Waals surface area contributed by atoms with Crippen LogP contribution in [0.15, 0.2) is 72.1 Å². The molecule has 34 heavy (non-hydrogen) atoms. The topological polar surface area (TPSA) is 99.0 Å². The van der Waals surface area contributed by atoms with E-state index >= 15 is 0 Å². The molecule has 1 amide bonds. The fourth-order valence-electron chi connectivity index (χ4n) is 3.24. The summed E-state index contributed by atoms with van der Waals surface area (Å²) < 4.78 is 6.57. The molecular formula is C24H20ClN5O3S. The lowest BCUT2D eigenvalue weighted by atomic mass is 10.2. The number of benzene rings is 2. The second-order valence-corrected chi connectivity index (χ2v) is 8.52. The average Bonchev–Trinajstić information content (AvgIpc) is 3.28. The maximum atomic E-state index is 12.6. The first kappa shape index (κ1) is 23.5. The number of ether oxygens (including phenoxy) is 1. The monoisotopic (exact) mass is 493 g/mol. The third kappa shape index (κ3) is 5.11. The summed E-state index contributed by atoms with van der Waals surface area (Å²) in [7, 11) is 1.32. The number of nitrogens with one attached hydrogen (secondary N) is 1. The molecule has 10 heteroatoms. The van der Waals surface area contributed by atoms with Crippen molar-refractivity contribution in [1.29, 1.82) is 0 Å². The van der Waals surface area contributed by atoms with Crippen molar-refractivity contribution < 1.29 is 14.3 Å². The lowest BCUT2D eigenvalue weighted by molar-refractivity contribution is -0.113. The molecule has 4 rings (SSSR count). The standard InChI is InChI=1S/C24H20ClN5O3S/c1-15-19(25)4-3-5-20(15)30-22(16-10-12-26-13-11-16)28-29-24(30)34-14-21(31)27-18-8-6-17(7-9-18)23(32)33-2/h3-13H,14H2,1-2H3,(H,27,31). The Morgan fingerprint density at radius 1 is 1.06 bits per heavy atom. The fourth-order valence-corrected chi connectivity index (χ4v) is 4.16. The van der Waals surface area contributed by atoms with E-state index in [9.17, 15) is 9.59 Å². The molecule has 2 heterocycles. The normalized spacial score (nSPS) is 10.7. The highest BCUT2D eigenvalue weighted by molar-refractivity contribution is 7.99. The van der Waals surface area contributed by atoms with Crippen LogP contribution in [0.2, 0.25) is 5.02 Å². The summed E-state index contributed by atoms with van der Waals surface area (Å²) in [4.78, 5) is 28.2. The summed E-state index contributed by atoms with van der Waals surface area (Å²) in [5.41, 5.74) is 3.51. The van der Waals surface area contributed by atoms with Crippen LogP contribution < -0.4 is 5.32 Å². The highest BCUT2D eigenvalue weighted by Gasteiger charge is 2.19. The van der Waals surface area contributed by atoms with Crippen molar-refractivity contribution in [3.8, 4) is 17.1 Å². The Balaban J connectivity index is 1.56. The summed E-state index contributed by atoms with van der Waals surface area (Å²) in [5.74, 6) is 0.0640. The van der Waals surface area contributed by atoms with Crippen LogP contribution >= 0.6 is 23.4 Å². The molecule has 0 spiro atoms. The van der Waals surface area contributed by atoms with E-state index in [0.29, 0.717) is 27.3 Å². The maximum Gasteiger partial charge on any atom is 0.337 e. The molecule has 172 valence electrons. The number of hydrogen-bond donors (Lipinski definition) is 1. The lowest BCUT2D eigenvalue weighted by Gasteiger charge is -2.14. The van der Waals surface area contributed by atoms with E-state index in [1.807, 2.05) is 41.8 Å². The second kappa shape index (κ2) is 10.5. The van der Waals surface area contributed by atoms with Crippen LogP contribution in [0.1, 0.15) is 15.9 Å². The Morgan fingerprint density at radius 2 is 1.79 bits per heavy atom. The molecule has 2 aromatic heterocycles. The predicted octanol–water partition coefficient (Wildman–Crippen LogP) is 4.81. The van der Waals surface area contributed by atoms with Gasteiger partial charge in [-0.1, -0.05) is 29.4 Å². The van der Waals surface area contributed by atoms with E-state index in [-0.39, 0.29) is 11.7 Å². The smallest absolute Gasteiger partial charge is 0.337 e. The largest absolute Gasteiger partial charge is 0.465 e. The van der Waals surface area contributed by atoms with Gasteiger partial charge in [0.25, 0.3) is 0 Å². The number of pyridine rings is 1. The summed E-state index contributed by atoms with van der Waals surface area (Å²) in [6, 6.07) is 15.8. The summed E-state index contributed by atoms with van der Waals surface area (Å²) in [6.07, 6.45) is 3.37. The molecular weight excluding hydrogens is 474 g/mol. The van der Waals surface area contributed by atoms with Gasteiger partial charge in [0, 0.05) is 28.7 Å². The minimum Gasteiger partial charge on any atom is -0.465 e. The molecule has 0 saturated carbocycles. The van der Waals surface area contributed by atoms with E-state index in [0.717, 1.165) is 16.8 Å². The van der Waals surface area contributed by atoms with Crippen molar-refractivity contribution in [2.24, 2.45) is 0 Å². The molecule has 8 nitrogen and oxygen atoms in total. The molecule has 0 bridgehead atoms. The molecule has 0 aliphatic rings. The molecule has 0 unspecified atom stereocenters. The Morgan fingerprint density at radius 3 is 2.50 bits per heavy atom. The van der Waals surface area contributed by atoms with E-state index in [4.69, 9.17) is 11.6 Å². The van der Waals surface area contributed by atoms with E-state index in [1.165, 1.54) is 18.9 Å². The van der Waals surface area contributed by atoms with Crippen LogP contribution in [-0.2, 0) is 9.53 Å². The third-order valence-electron chi connectivity index (χ3n) is 4.97. The summed E-state index contributed by atoms with van der Waals surface area (Å²) in [5, 5.41) is 12.7. The Kier molecular flexibility index (Phi) is 7.24. The van der Waals surface area contributed by atoms with Gasteiger partial charge in [0.1, 0.15) is 0 Å². The number of anilines is 1. The van der Waals surface area contributed by atoms with Gasteiger partial charge < -0.3 is 10.1 Å². The number of hydrogen-bond acceptors (Lipinski definition) is 7. The molecule has 4 aromatic rings. The first-order valence-corrected chi connectivity index (χ1v) is 11.6. The number of carbonyl (C=O) groups is 2. The van der Waals surface area contributed by atoms with Crippen LogP contribution in [0.25, 0.3) is 17.1 Å². The van der Waals surface area contributed by atoms with Crippen molar-refractivity contribution in [2.75, 3.05) is 18.2 Å². The zero-order valence-corrected chi connectivity index (χ0v) is 19.9. The predicted molar refractivity (Wildman–Crippen MR) is 131 cm³/mol. The zero-order valence-electron chi connectivity index (χ0n) is 18.4. The molecule has 0 radical (unpaired) electrons. The van der Waals surface area contributed by atoms with Gasteiger partial charge in [0.15, 0.2) is 11.0 Å². The lowest BCUT2D eigenvalue weighted by Crippen LogP contribution is -2.15. The van der Waals surface area contributed by atoms with Crippen LogP contribution in [0.4, 0.5) is 5.69 Å². The second-order valence-electron chi connectivity index (χ2n) is 7.17. The molecule has 0 fully saturated rings. The SMILES string of the molecule is COC(=O)c1ccc(NC(=O)CSc2nnc(-c3ccncc3)n2-c2cccc(Cl)c2C)cc1. The summed E-state index contributed by atoms with van der Waals surface area (Å²) in [6.45, 7) is 1.92. The van der Waals surface area contributed by atoms with Crippen LogP contribution in [0, 0.1) is 6.92 Å². The van der Waals surface area contributed by atoms with Gasteiger partial charge >= 0.3 is 5.97 Å². The number of halogens is 1. The number of nitrogens with zero attached hydrogens (tertiary/aromatic N) is 4. The van der Waals surface area contributed by atoms with Gasteiger partial charge in [0.05, 0.1) is 24.1 Å². The highest BCUT2D eigenvalue weighted by atomic mass is 35.5. The number of esters is 1. The van der Waals surface area contributed by atoms with Crippen molar-refractivity contribution in [2.45, 2.75) is 12.1 Å². The number of amides is 1. The first-order valence-electron chi connectivity index (χ1n) is 10.2. The van der Waals surface area contributed by atoms with Gasteiger partial charge in [0.2, 0.25) is 5.91 Å². The quantitative estimate of drug-likeness (QED) is 0.291. The third-order valence-corrected chi connectivity index (χ3v) is 6.31. The van der Waals surface area contributed by atoms with Gasteiger partial charge in [-0.15, -0.1) is 10.2 Å². The number of thioether (sulfide) groups is 1. The average molecular weight is 494 g/mol. The van der Waals surface area contributed by atoms with E-state index < -0.39 is 5.97 Å². The van der Waals surface area contributed by atoms with Gasteiger partial charge in [-0.05, 0) is 61.0 Å². The minimum atomic E-state index is -0.436. The molecule has 0 atom stereocenters. The Labute approximate surface area is 205 Å². The highest BCUT2D eigenvalue weighted by Crippen LogP contribution is 2.31. The van der Waals surface area contributed by atoms with E-state index in [2.05, 4.69) is 25.2 Å². The van der Waals surface area contributed by atoms with Crippen LogP contribution in [-0.4, -0.2) is 44.5 Å². The van der Waals surface area contributed by atoms with Gasteiger partial charge in [-0.2, -0.15) is 0 Å². The minimum absolute atomic E-state index is 0.104. The van der Waals surface area contributed by atoms with Crippen molar-refractivity contribution in [1.82, 2.24) is 19.7 Å². The number of aromatic nitrogens is 4. The number of rotatable bonds is 7.